The molecule has 110 valence electrons. The monoisotopic (exact) mass is 379 g/mol. The maximum atomic E-state index is 12.2. The second kappa shape index (κ2) is 6.81. The van der Waals surface area contributed by atoms with Crippen molar-refractivity contribution < 1.29 is 12.8 Å². The van der Waals surface area contributed by atoms with Crippen molar-refractivity contribution in [1.29, 1.82) is 0 Å². The molecule has 2 rings (SSSR count). The van der Waals surface area contributed by atoms with Crippen LogP contribution in [0.2, 0.25) is 0 Å². The first-order valence-electron chi connectivity index (χ1n) is 5.84. The third kappa shape index (κ3) is 3.89. The van der Waals surface area contributed by atoms with E-state index >= 15 is 0 Å². The van der Waals surface area contributed by atoms with E-state index in [0.717, 1.165) is 5.01 Å². The normalized spacial score (nSPS) is 11.9. The quantitative estimate of drug-likeness (QED) is 0.765. The molecule has 2 aromatic rings. The van der Waals surface area contributed by atoms with Crippen molar-refractivity contribution in [3.63, 3.8) is 0 Å². The molecule has 0 radical (unpaired) electrons. The fourth-order valence-electron chi connectivity index (χ4n) is 1.59. The summed E-state index contributed by atoms with van der Waals surface area (Å²) in [6.45, 7) is 0.766. The van der Waals surface area contributed by atoms with Crippen molar-refractivity contribution in [2.75, 3.05) is 13.6 Å². The molecular weight excluding hydrogens is 366 g/mol. The fraction of sp³-hybridized carbons (Fsp3) is 0.364. The number of furan rings is 1. The zero-order valence-electron chi connectivity index (χ0n) is 10.7. The van der Waals surface area contributed by atoms with Gasteiger partial charge in [0.25, 0.3) is 0 Å². The summed E-state index contributed by atoms with van der Waals surface area (Å²) >= 11 is 4.63. The maximum absolute atomic E-state index is 12.2. The molecule has 9 heteroatoms. The molecule has 0 aromatic carbocycles. The molecule has 0 saturated carbocycles. The molecule has 0 aliphatic carbocycles. The van der Waals surface area contributed by atoms with E-state index in [2.05, 4.69) is 31.0 Å². The van der Waals surface area contributed by atoms with Crippen LogP contribution in [0.4, 0.5) is 0 Å². The van der Waals surface area contributed by atoms with Crippen molar-refractivity contribution in [3.8, 4) is 0 Å². The zero-order chi connectivity index (χ0) is 14.6. The van der Waals surface area contributed by atoms with Gasteiger partial charge in [-0.1, -0.05) is 0 Å². The Labute approximate surface area is 129 Å². The SMILES string of the molecule is CNCc1cc(S(=O)(=O)NCCc2nccs2)c(Br)o1. The van der Waals surface area contributed by atoms with Gasteiger partial charge in [-0.05, 0) is 23.0 Å². The van der Waals surface area contributed by atoms with Crippen molar-refractivity contribution in [1.82, 2.24) is 15.0 Å². The Kier molecular flexibility index (Phi) is 5.33. The second-order valence-electron chi connectivity index (χ2n) is 3.95. The number of halogens is 1. The minimum absolute atomic E-state index is 0.113. The summed E-state index contributed by atoms with van der Waals surface area (Å²) in [7, 11) is -1.82. The van der Waals surface area contributed by atoms with Gasteiger partial charge in [-0.2, -0.15) is 0 Å². The van der Waals surface area contributed by atoms with E-state index in [0.29, 0.717) is 25.3 Å². The molecule has 0 fully saturated rings. The van der Waals surface area contributed by atoms with Crippen LogP contribution in [0.1, 0.15) is 10.8 Å². The van der Waals surface area contributed by atoms with E-state index in [1.54, 1.807) is 13.2 Å². The van der Waals surface area contributed by atoms with Crippen LogP contribution in [-0.2, 0) is 23.0 Å². The molecule has 0 aliphatic heterocycles. The van der Waals surface area contributed by atoms with E-state index in [9.17, 15) is 8.42 Å². The lowest BCUT2D eigenvalue weighted by Crippen LogP contribution is -2.25. The van der Waals surface area contributed by atoms with Crippen LogP contribution < -0.4 is 10.0 Å². The Morgan fingerprint density at radius 2 is 2.30 bits per heavy atom. The number of aromatic nitrogens is 1. The molecule has 0 spiro atoms. The predicted molar refractivity (Wildman–Crippen MR) is 80.2 cm³/mol. The zero-order valence-corrected chi connectivity index (χ0v) is 13.9. The Hall–Kier alpha value is -0.740. The van der Waals surface area contributed by atoms with E-state index in [4.69, 9.17) is 4.42 Å². The highest BCUT2D eigenvalue weighted by molar-refractivity contribution is 9.10. The topological polar surface area (TPSA) is 84.2 Å². The third-order valence-corrected chi connectivity index (χ3v) is 5.62. The molecule has 2 N–H and O–H groups in total. The molecular formula is C11H14BrN3O3S2. The standard InChI is InChI=1S/C11H14BrN3O3S2/c1-13-7-8-6-9(11(12)18-8)20(16,17)15-3-2-10-14-4-5-19-10/h4-6,13,15H,2-3,7H2,1H3. The highest BCUT2D eigenvalue weighted by Crippen LogP contribution is 2.25. The number of sulfonamides is 1. The maximum Gasteiger partial charge on any atom is 0.244 e. The molecule has 2 heterocycles. The summed E-state index contributed by atoms with van der Waals surface area (Å²) in [4.78, 5) is 4.22. The van der Waals surface area contributed by atoms with Crippen LogP contribution in [-0.4, -0.2) is 27.0 Å². The van der Waals surface area contributed by atoms with Crippen LogP contribution in [0.15, 0.2) is 31.6 Å². The summed E-state index contributed by atoms with van der Waals surface area (Å²) in [6.07, 6.45) is 2.26. The number of hydrogen-bond acceptors (Lipinski definition) is 6. The minimum Gasteiger partial charge on any atom is -0.452 e. The van der Waals surface area contributed by atoms with Gasteiger partial charge in [0.15, 0.2) is 4.67 Å². The van der Waals surface area contributed by atoms with Gasteiger partial charge in [0.05, 0.1) is 11.6 Å². The summed E-state index contributed by atoms with van der Waals surface area (Å²) in [6, 6.07) is 1.51. The van der Waals surface area contributed by atoms with Crippen molar-refractivity contribution in [2.24, 2.45) is 0 Å². The van der Waals surface area contributed by atoms with E-state index < -0.39 is 10.0 Å². The lowest BCUT2D eigenvalue weighted by molar-refractivity contribution is 0.470. The number of nitrogens with zero attached hydrogens (tertiary/aromatic N) is 1. The van der Waals surface area contributed by atoms with Crippen molar-refractivity contribution in [2.45, 2.75) is 17.9 Å². The van der Waals surface area contributed by atoms with Gasteiger partial charge in [0.2, 0.25) is 10.0 Å². The lowest BCUT2D eigenvalue weighted by Gasteiger charge is -2.03. The first-order valence-corrected chi connectivity index (χ1v) is 8.99. The first-order chi connectivity index (χ1) is 9.53. The Morgan fingerprint density at radius 1 is 1.50 bits per heavy atom. The Balaban J connectivity index is 2.02. The van der Waals surface area contributed by atoms with Crippen molar-refractivity contribution >= 4 is 37.3 Å². The third-order valence-electron chi connectivity index (χ3n) is 2.46. The van der Waals surface area contributed by atoms with Gasteiger partial charge in [-0.3, -0.25) is 0 Å². The molecule has 0 aliphatic rings. The molecule has 2 aromatic heterocycles. The molecule has 6 nitrogen and oxygen atoms in total. The van der Waals surface area contributed by atoms with Crippen molar-refractivity contribution in [3.05, 3.63) is 33.1 Å². The molecule has 0 amide bonds. The Morgan fingerprint density at radius 3 is 2.95 bits per heavy atom. The smallest absolute Gasteiger partial charge is 0.244 e. The fourth-order valence-corrected chi connectivity index (χ4v) is 4.24. The summed E-state index contributed by atoms with van der Waals surface area (Å²) in [5.41, 5.74) is 0. The Bertz CT molecular complexity index is 653. The van der Waals surface area contributed by atoms with E-state index in [1.807, 2.05) is 5.38 Å². The van der Waals surface area contributed by atoms with Gasteiger partial charge >= 0.3 is 0 Å². The highest BCUT2D eigenvalue weighted by Gasteiger charge is 2.21. The average Bonchev–Trinajstić information content (AvgIpc) is 2.99. The number of thiazole rings is 1. The summed E-state index contributed by atoms with van der Waals surface area (Å²) < 4.78 is 32.4. The van der Waals surface area contributed by atoms with Gasteiger partial charge < -0.3 is 9.73 Å². The first kappa shape index (κ1) is 15.6. The molecule has 0 unspecified atom stereocenters. The summed E-state index contributed by atoms with van der Waals surface area (Å²) in [5, 5.41) is 5.66. The lowest BCUT2D eigenvalue weighted by atomic mass is 10.4. The molecule has 0 atom stereocenters. The molecule has 0 bridgehead atoms. The van der Waals surface area contributed by atoms with E-state index in [-0.39, 0.29) is 9.56 Å². The predicted octanol–water partition coefficient (Wildman–Crippen LogP) is 1.74. The van der Waals surface area contributed by atoms with Crippen LogP contribution in [0.25, 0.3) is 0 Å². The number of nitrogens with one attached hydrogen (secondary N) is 2. The minimum atomic E-state index is -3.58. The number of rotatable bonds is 7. The van der Waals surface area contributed by atoms with E-state index in [1.165, 1.54) is 17.4 Å². The van der Waals surface area contributed by atoms with Gasteiger partial charge in [-0.15, -0.1) is 11.3 Å². The van der Waals surface area contributed by atoms with Crippen LogP contribution >= 0.6 is 27.3 Å². The van der Waals surface area contributed by atoms with Gasteiger partial charge in [-0.25, -0.2) is 18.1 Å². The van der Waals surface area contributed by atoms with Gasteiger partial charge in [0.1, 0.15) is 10.7 Å². The van der Waals surface area contributed by atoms with Crippen LogP contribution in [0, 0.1) is 0 Å². The molecule has 0 saturated heterocycles. The van der Waals surface area contributed by atoms with Crippen LogP contribution in [0.3, 0.4) is 0 Å². The number of hydrogen-bond donors (Lipinski definition) is 2. The van der Waals surface area contributed by atoms with Gasteiger partial charge in [0, 0.05) is 30.6 Å². The second-order valence-corrected chi connectivity index (χ2v) is 7.39. The summed E-state index contributed by atoms with van der Waals surface area (Å²) in [5.74, 6) is 0.555. The largest absolute Gasteiger partial charge is 0.452 e. The average molecular weight is 380 g/mol. The highest BCUT2D eigenvalue weighted by atomic mass is 79.9. The van der Waals surface area contributed by atoms with Crippen LogP contribution in [0.5, 0.6) is 0 Å². The molecule has 20 heavy (non-hydrogen) atoms.